The molecule has 0 aromatic carbocycles. The fourth-order valence-corrected chi connectivity index (χ4v) is 2.01. The summed E-state index contributed by atoms with van der Waals surface area (Å²) >= 11 is 0. The molecule has 2 heteroatoms. The monoisotopic (exact) mass is 206 g/mol. The molecular formula is C13H22N2. The number of nitrogens with one attached hydrogen (secondary N) is 1. The Kier molecular flexibility index (Phi) is 5.30. The van der Waals surface area contributed by atoms with E-state index in [0.717, 1.165) is 18.4 Å². The number of aliphatic imine (C=N–C) groups is 1. The molecule has 0 saturated heterocycles. The normalized spacial score (nSPS) is 19.8. The third kappa shape index (κ3) is 4.91. The van der Waals surface area contributed by atoms with E-state index in [-0.39, 0.29) is 0 Å². The molecule has 1 N–H and O–H groups in total. The minimum Gasteiger partial charge on any atom is -0.286 e. The van der Waals surface area contributed by atoms with Crippen LogP contribution in [-0.4, -0.2) is 12.1 Å². The lowest BCUT2D eigenvalue weighted by Crippen LogP contribution is -2.13. The summed E-state index contributed by atoms with van der Waals surface area (Å²) in [7, 11) is 0. The highest BCUT2D eigenvalue weighted by Gasteiger charge is 2.15. The van der Waals surface area contributed by atoms with Crippen LogP contribution >= 0.6 is 0 Å². The van der Waals surface area contributed by atoms with Gasteiger partial charge in [0.2, 0.25) is 0 Å². The molecule has 1 fully saturated rings. The topological polar surface area (TPSA) is 36.2 Å². The first kappa shape index (κ1) is 12.2. The first-order chi connectivity index (χ1) is 7.20. The van der Waals surface area contributed by atoms with Crippen LogP contribution < -0.4 is 0 Å². The Bertz CT molecular complexity index is 245. The lowest BCUT2D eigenvalue weighted by Gasteiger charge is -2.17. The molecule has 0 radical (unpaired) electrons. The highest BCUT2D eigenvalue weighted by atomic mass is 14.8. The second kappa shape index (κ2) is 6.54. The van der Waals surface area contributed by atoms with Gasteiger partial charge in [0.15, 0.2) is 0 Å². The van der Waals surface area contributed by atoms with Crippen LogP contribution in [0.15, 0.2) is 17.1 Å². The molecule has 2 nitrogen and oxygen atoms in total. The van der Waals surface area contributed by atoms with Crippen LogP contribution in [0.1, 0.15) is 51.9 Å². The first-order valence-corrected chi connectivity index (χ1v) is 5.98. The molecule has 84 valence electrons. The SMILES string of the molecule is C=C(C)C=NC(=N)C1CCCCCCC1. The molecule has 1 aliphatic carbocycles. The van der Waals surface area contributed by atoms with Gasteiger partial charge in [0, 0.05) is 12.1 Å². The Morgan fingerprint density at radius 3 is 2.27 bits per heavy atom. The summed E-state index contributed by atoms with van der Waals surface area (Å²) in [6.07, 6.45) is 10.5. The molecule has 1 aliphatic rings. The van der Waals surface area contributed by atoms with Crippen molar-refractivity contribution < 1.29 is 0 Å². The standard InChI is InChI=1S/C13H22N2/c1-11(2)10-15-13(14)12-8-6-4-3-5-7-9-12/h10,12,14H,1,3-9H2,2H3. The van der Waals surface area contributed by atoms with E-state index in [2.05, 4.69) is 11.6 Å². The van der Waals surface area contributed by atoms with Gasteiger partial charge in [0.1, 0.15) is 5.84 Å². The van der Waals surface area contributed by atoms with E-state index < -0.39 is 0 Å². The fraction of sp³-hybridized carbons (Fsp3) is 0.692. The zero-order chi connectivity index (χ0) is 11.1. The molecule has 0 bridgehead atoms. The molecule has 1 rings (SSSR count). The zero-order valence-corrected chi connectivity index (χ0v) is 9.76. The van der Waals surface area contributed by atoms with Crippen molar-refractivity contribution in [2.24, 2.45) is 10.9 Å². The van der Waals surface area contributed by atoms with Crippen molar-refractivity contribution in [1.29, 1.82) is 5.41 Å². The van der Waals surface area contributed by atoms with Gasteiger partial charge < -0.3 is 0 Å². The average Bonchev–Trinajstić information content (AvgIpc) is 2.13. The van der Waals surface area contributed by atoms with Gasteiger partial charge in [0.05, 0.1) is 0 Å². The van der Waals surface area contributed by atoms with Crippen molar-refractivity contribution in [3.05, 3.63) is 12.2 Å². The summed E-state index contributed by atoms with van der Waals surface area (Å²) < 4.78 is 0. The third-order valence-electron chi connectivity index (χ3n) is 2.92. The van der Waals surface area contributed by atoms with Gasteiger partial charge in [-0.2, -0.15) is 0 Å². The van der Waals surface area contributed by atoms with Crippen molar-refractivity contribution in [1.82, 2.24) is 0 Å². The number of amidine groups is 1. The fourth-order valence-electron chi connectivity index (χ4n) is 2.01. The van der Waals surface area contributed by atoms with Crippen LogP contribution in [0.4, 0.5) is 0 Å². The van der Waals surface area contributed by atoms with Crippen molar-refractivity contribution in [3.8, 4) is 0 Å². The molecule has 0 spiro atoms. The van der Waals surface area contributed by atoms with Gasteiger partial charge >= 0.3 is 0 Å². The Morgan fingerprint density at radius 2 is 1.73 bits per heavy atom. The smallest absolute Gasteiger partial charge is 0.123 e. The van der Waals surface area contributed by atoms with E-state index in [0.29, 0.717) is 11.8 Å². The third-order valence-corrected chi connectivity index (χ3v) is 2.92. The summed E-state index contributed by atoms with van der Waals surface area (Å²) in [6, 6.07) is 0. The maximum absolute atomic E-state index is 7.91. The number of allylic oxidation sites excluding steroid dienone is 1. The van der Waals surface area contributed by atoms with E-state index in [1.807, 2.05) is 6.92 Å². The molecular weight excluding hydrogens is 184 g/mol. The minimum atomic E-state index is 0.390. The summed E-state index contributed by atoms with van der Waals surface area (Å²) in [4.78, 5) is 4.18. The summed E-state index contributed by atoms with van der Waals surface area (Å²) in [5, 5.41) is 7.91. The Morgan fingerprint density at radius 1 is 1.20 bits per heavy atom. The number of nitrogens with zero attached hydrogens (tertiary/aromatic N) is 1. The summed E-state index contributed by atoms with van der Waals surface area (Å²) in [5.41, 5.74) is 0.922. The largest absolute Gasteiger partial charge is 0.286 e. The Labute approximate surface area is 93.0 Å². The first-order valence-electron chi connectivity index (χ1n) is 5.98. The van der Waals surface area contributed by atoms with Gasteiger partial charge in [0.25, 0.3) is 0 Å². The van der Waals surface area contributed by atoms with Crippen molar-refractivity contribution in [2.45, 2.75) is 51.9 Å². The van der Waals surface area contributed by atoms with E-state index in [1.165, 1.54) is 32.1 Å². The minimum absolute atomic E-state index is 0.390. The summed E-state index contributed by atoms with van der Waals surface area (Å²) in [6.45, 7) is 5.67. The quantitative estimate of drug-likeness (QED) is 0.524. The summed E-state index contributed by atoms with van der Waals surface area (Å²) in [5.74, 6) is 0.945. The molecule has 15 heavy (non-hydrogen) atoms. The van der Waals surface area contributed by atoms with E-state index in [1.54, 1.807) is 6.21 Å². The van der Waals surface area contributed by atoms with Gasteiger partial charge in [-0.1, -0.05) is 38.7 Å². The maximum atomic E-state index is 7.91. The second-order valence-electron chi connectivity index (χ2n) is 4.53. The lowest BCUT2D eigenvalue weighted by molar-refractivity contribution is 0.449. The highest BCUT2D eigenvalue weighted by Crippen LogP contribution is 2.23. The molecule has 0 aliphatic heterocycles. The Balaban J connectivity index is 2.45. The average molecular weight is 206 g/mol. The number of rotatable bonds is 2. The predicted molar refractivity (Wildman–Crippen MR) is 66.8 cm³/mol. The van der Waals surface area contributed by atoms with Crippen molar-refractivity contribution >= 4 is 12.1 Å². The lowest BCUT2D eigenvalue weighted by atomic mass is 9.90. The van der Waals surface area contributed by atoms with Crippen LogP contribution in [0.5, 0.6) is 0 Å². The second-order valence-corrected chi connectivity index (χ2v) is 4.53. The van der Waals surface area contributed by atoms with Gasteiger partial charge in [-0.3, -0.25) is 5.41 Å². The van der Waals surface area contributed by atoms with Crippen LogP contribution in [0.2, 0.25) is 0 Å². The van der Waals surface area contributed by atoms with Crippen LogP contribution in [-0.2, 0) is 0 Å². The number of hydrogen-bond acceptors (Lipinski definition) is 1. The molecule has 0 atom stereocenters. The molecule has 0 amide bonds. The van der Waals surface area contributed by atoms with Gasteiger partial charge in [-0.25, -0.2) is 4.99 Å². The van der Waals surface area contributed by atoms with E-state index in [4.69, 9.17) is 5.41 Å². The predicted octanol–water partition coefficient (Wildman–Crippen LogP) is 3.97. The van der Waals surface area contributed by atoms with Crippen LogP contribution in [0.3, 0.4) is 0 Å². The molecule has 1 saturated carbocycles. The van der Waals surface area contributed by atoms with Crippen LogP contribution in [0.25, 0.3) is 0 Å². The van der Waals surface area contributed by atoms with Gasteiger partial charge in [-0.05, 0) is 25.3 Å². The van der Waals surface area contributed by atoms with Crippen LogP contribution in [0, 0.1) is 11.3 Å². The molecule has 0 aromatic heterocycles. The highest BCUT2D eigenvalue weighted by molar-refractivity contribution is 5.93. The molecule has 0 aromatic rings. The van der Waals surface area contributed by atoms with Crippen molar-refractivity contribution in [3.63, 3.8) is 0 Å². The van der Waals surface area contributed by atoms with E-state index >= 15 is 0 Å². The van der Waals surface area contributed by atoms with Crippen molar-refractivity contribution in [2.75, 3.05) is 0 Å². The molecule has 0 unspecified atom stereocenters. The number of hydrogen-bond donors (Lipinski definition) is 1. The van der Waals surface area contributed by atoms with Gasteiger partial charge in [-0.15, -0.1) is 0 Å². The molecule has 0 heterocycles. The zero-order valence-electron chi connectivity index (χ0n) is 9.76. The Hall–Kier alpha value is -0.920. The van der Waals surface area contributed by atoms with E-state index in [9.17, 15) is 0 Å². The maximum Gasteiger partial charge on any atom is 0.123 e.